The van der Waals surface area contributed by atoms with Gasteiger partial charge in [0, 0.05) is 51.3 Å². The summed E-state index contributed by atoms with van der Waals surface area (Å²) in [5.41, 5.74) is 3.35. The molecule has 5 nitrogen and oxygen atoms in total. The van der Waals surface area contributed by atoms with Crippen LogP contribution in [-0.2, 0) is 19.6 Å². The highest BCUT2D eigenvalue weighted by Crippen LogP contribution is 2.13. The van der Waals surface area contributed by atoms with Crippen molar-refractivity contribution in [1.29, 1.82) is 0 Å². The van der Waals surface area contributed by atoms with Crippen molar-refractivity contribution in [3.05, 3.63) is 90.3 Å². The Labute approximate surface area is 225 Å². The van der Waals surface area contributed by atoms with E-state index >= 15 is 0 Å². The van der Waals surface area contributed by atoms with E-state index in [1.54, 1.807) is 0 Å². The maximum Gasteiger partial charge on any atom is 0.0544 e. The monoisotopic (exact) mass is 501 g/mol. The van der Waals surface area contributed by atoms with Gasteiger partial charge >= 0.3 is 0 Å². The molecule has 0 radical (unpaired) electrons. The molecular formula is C32H47N5. The third kappa shape index (κ3) is 12.9. The van der Waals surface area contributed by atoms with E-state index in [0.29, 0.717) is 0 Å². The van der Waals surface area contributed by atoms with Crippen LogP contribution in [0.15, 0.2) is 73.2 Å². The standard InChI is InChI=1S/C32H47N5/c1-2-3-4-5-6-7-8-9-10-17-24-36(27-30-18-11-14-21-33-30)25-26-37(28-31-19-12-15-22-34-31)29-32-20-13-16-23-35-32/h11-16,18-23H,2-10,17,24-29H2,1H3. The average Bonchev–Trinajstić information content (AvgIpc) is 2.94. The molecule has 3 aromatic rings. The molecule has 0 aliphatic carbocycles. The summed E-state index contributed by atoms with van der Waals surface area (Å²) in [6.07, 6.45) is 19.4. The minimum absolute atomic E-state index is 0.826. The van der Waals surface area contributed by atoms with Crippen LogP contribution in [0.25, 0.3) is 0 Å². The maximum absolute atomic E-state index is 4.61. The van der Waals surface area contributed by atoms with Crippen LogP contribution in [0, 0.1) is 0 Å². The largest absolute Gasteiger partial charge is 0.296 e. The molecule has 0 bridgehead atoms. The normalized spacial score (nSPS) is 11.4. The summed E-state index contributed by atoms with van der Waals surface area (Å²) in [6, 6.07) is 18.6. The van der Waals surface area contributed by atoms with Crippen molar-refractivity contribution in [2.24, 2.45) is 0 Å². The molecule has 200 valence electrons. The van der Waals surface area contributed by atoms with E-state index in [0.717, 1.165) is 56.4 Å². The highest BCUT2D eigenvalue weighted by molar-refractivity contribution is 5.06. The molecule has 5 heteroatoms. The van der Waals surface area contributed by atoms with Gasteiger partial charge in [0.1, 0.15) is 0 Å². The van der Waals surface area contributed by atoms with E-state index in [-0.39, 0.29) is 0 Å². The van der Waals surface area contributed by atoms with Gasteiger partial charge in [-0.25, -0.2) is 0 Å². The summed E-state index contributed by atoms with van der Waals surface area (Å²) in [7, 11) is 0. The van der Waals surface area contributed by atoms with Gasteiger partial charge in [-0.2, -0.15) is 0 Å². The third-order valence-corrected chi connectivity index (χ3v) is 6.90. The Hall–Kier alpha value is -2.63. The number of pyridine rings is 3. The Morgan fingerprint density at radius 1 is 0.459 bits per heavy atom. The van der Waals surface area contributed by atoms with Crippen LogP contribution in [0.1, 0.15) is 88.2 Å². The summed E-state index contributed by atoms with van der Waals surface area (Å²) in [5.74, 6) is 0. The van der Waals surface area contributed by atoms with Crippen molar-refractivity contribution < 1.29 is 0 Å². The molecule has 0 amide bonds. The third-order valence-electron chi connectivity index (χ3n) is 6.90. The van der Waals surface area contributed by atoms with Crippen LogP contribution in [0.4, 0.5) is 0 Å². The summed E-state index contributed by atoms with van der Waals surface area (Å²) in [6.45, 7) is 7.94. The topological polar surface area (TPSA) is 45.2 Å². The molecule has 0 fully saturated rings. The molecule has 0 aliphatic rings. The lowest BCUT2D eigenvalue weighted by atomic mass is 10.1. The fourth-order valence-electron chi connectivity index (χ4n) is 4.75. The molecule has 0 aromatic carbocycles. The van der Waals surface area contributed by atoms with Crippen molar-refractivity contribution in [3.8, 4) is 0 Å². The van der Waals surface area contributed by atoms with Gasteiger partial charge in [0.15, 0.2) is 0 Å². The van der Waals surface area contributed by atoms with Gasteiger partial charge in [-0.3, -0.25) is 24.8 Å². The highest BCUT2D eigenvalue weighted by Gasteiger charge is 2.13. The molecule has 3 aromatic heterocycles. The van der Waals surface area contributed by atoms with Crippen molar-refractivity contribution in [2.75, 3.05) is 19.6 Å². The second-order valence-electron chi connectivity index (χ2n) is 10.1. The smallest absolute Gasteiger partial charge is 0.0544 e. The Morgan fingerprint density at radius 3 is 1.30 bits per heavy atom. The van der Waals surface area contributed by atoms with E-state index < -0.39 is 0 Å². The average molecular weight is 502 g/mol. The molecule has 0 unspecified atom stereocenters. The van der Waals surface area contributed by atoms with Crippen molar-refractivity contribution in [3.63, 3.8) is 0 Å². The van der Waals surface area contributed by atoms with E-state index in [1.807, 2.05) is 36.8 Å². The minimum Gasteiger partial charge on any atom is -0.296 e. The van der Waals surface area contributed by atoms with Crippen molar-refractivity contribution in [1.82, 2.24) is 24.8 Å². The summed E-state index contributed by atoms with van der Waals surface area (Å²) in [5, 5.41) is 0. The maximum atomic E-state index is 4.61. The Bertz CT molecular complexity index is 878. The molecular weight excluding hydrogens is 454 g/mol. The van der Waals surface area contributed by atoms with Gasteiger partial charge in [-0.15, -0.1) is 0 Å². The lowest BCUT2D eigenvalue weighted by Crippen LogP contribution is -2.35. The van der Waals surface area contributed by atoms with Crippen LogP contribution in [0.3, 0.4) is 0 Å². The molecule has 0 N–H and O–H groups in total. The Balaban J connectivity index is 1.49. The number of unbranched alkanes of at least 4 members (excludes halogenated alkanes) is 9. The molecule has 0 saturated heterocycles. The van der Waals surface area contributed by atoms with E-state index in [2.05, 4.69) is 68.1 Å². The predicted molar refractivity (Wildman–Crippen MR) is 154 cm³/mol. The van der Waals surface area contributed by atoms with Gasteiger partial charge in [0.2, 0.25) is 0 Å². The number of aromatic nitrogens is 3. The predicted octanol–water partition coefficient (Wildman–Crippen LogP) is 7.30. The first kappa shape index (κ1) is 28.9. The van der Waals surface area contributed by atoms with Crippen LogP contribution in [-0.4, -0.2) is 44.4 Å². The van der Waals surface area contributed by atoms with Gasteiger partial charge < -0.3 is 0 Å². The number of nitrogens with zero attached hydrogens (tertiary/aromatic N) is 5. The number of hydrogen-bond donors (Lipinski definition) is 0. The first-order valence-electron chi connectivity index (χ1n) is 14.5. The van der Waals surface area contributed by atoms with Crippen LogP contribution >= 0.6 is 0 Å². The summed E-state index contributed by atoms with van der Waals surface area (Å²) >= 11 is 0. The Morgan fingerprint density at radius 2 is 0.865 bits per heavy atom. The molecule has 3 rings (SSSR count). The Kier molecular flexibility index (Phi) is 14.5. The van der Waals surface area contributed by atoms with Gasteiger partial charge in [-0.1, -0.05) is 82.9 Å². The fraction of sp³-hybridized carbons (Fsp3) is 0.531. The van der Waals surface area contributed by atoms with Gasteiger partial charge in [-0.05, 0) is 49.4 Å². The van der Waals surface area contributed by atoms with Crippen LogP contribution in [0.5, 0.6) is 0 Å². The fourth-order valence-corrected chi connectivity index (χ4v) is 4.75. The molecule has 0 atom stereocenters. The zero-order valence-electron chi connectivity index (χ0n) is 23.0. The van der Waals surface area contributed by atoms with E-state index in [1.165, 1.54) is 64.2 Å². The molecule has 0 spiro atoms. The van der Waals surface area contributed by atoms with E-state index in [4.69, 9.17) is 0 Å². The zero-order valence-corrected chi connectivity index (χ0v) is 23.0. The summed E-state index contributed by atoms with van der Waals surface area (Å²) < 4.78 is 0. The van der Waals surface area contributed by atoms with Crippen LogP contribution in [0.2, 0.25) is 0 Å². The lowest BCUT2D eigenvalue weighted by molar-refractivity contribution is 0.181. The van der Waals surface area contributed by atoms with E-state index in [9.17, 15) is 0 Å². The zero-order chi connectivity index (χ0) is 25.8. The van der Waals surface area contributed by atoms with Crippen LogP contribution < -0.4 is 0 Å². The SMILES string of the molecule is CCCCCCCCCCCCN(CCN(Cc1ccccn1)Cc1ccccn1)Cc1ccccn1. The van der Waals surface area contributed by atoms with Gasteiger partial charge in [0.05, 0.1) is 17.1 Å². The first-order chi connectivity index (χ1) is 18.3. The highest BCUT2D eigenvalue weighted by atomic mass is 15.2. The second kappa shape index (κ2) is 18.6. The lowest BCUT2D eigenvalue weighted by Gasteiger charge is -2.27. The van der Waals surface area contributed by atoms with Crippen molar-refractivity contribution in [2.45, 2.75) is 90.8 Å². The first-order valence-corrected chi connectivity index (χ1v) is 14.5. The summed E-state index contributed by atoms with van der Waals surface area (Å²) in [4.78, 5) is 18.8. The second-order valence-corrected chi connectivity index (χ2v) is 10.1. The van der Waals surface area contributed by atoms with Crippen molar-refractivity contribution >= 4 is 0 Å². The minimum atomic E-state index is 0.826. The molecule has 0 saturated carbocycles. The quantitative estimate of drug-likeness (QED) is 0.152. The molecule has 37 heavy (non-hydrogen) atoms. The number of hydrogen-bond acceptors (Lipinski definition) is 5. The number of rotatable bonds is 20. The van der Waals surface area contributed by atoms with Gasteiger partial charge in [0.25, 0.3) is 0 Å². The molecule has 0 aliphatic heterocycles. The molecule has 3 heterocycles.